The van der Waals surface area contributed by atoms with E-state index in [1.165, 1.54) is 12.1 Å². The molecule has 0 radical (unpaired) electrons. The Kier molecular flexibility index (Phi) is 4.18. The second-order valence-corrected chi connectivity index (χ2v) is 8.29. The molecule has 1 heterocycles. The molecule has 1 aromatic rings. The number of hydrogen-bond acceptors (Lipinski definition) is 3. The van der Waals surface area contributed by atoms with Crippen LogP contribution in [0.5, 0.6) is 0 Å². The van der Waals surface area contributed by atoms with Crippen LogP contribution in [0.2, 0.25) is 0 Å². The lowest BCUT2D eigenvalue weighted by Crippen LogP contribution is -2.46. The lowest BCUT2D eigenvalue weighted by atomic mass is 9.85. The van der Waals surface area contributed by atoms with Crippen LogP contribution in [0, 0.1) is 18.7 Å². The topological polar surface area (TPSA) is 74.7 Å². The number of sulfonamides is 1. The summed E-state index contributed by atoms with van der Waals surface area (Å²) in [5, 5.41) is 9.46. The number of aliphatic carboxylic acids is 1. The average molecular weight is 341 g/mol. The smallest absolute Gasteiger partial charge is 0.322 e. The van der Waals surface area contributed by atoms with Gasteiger partial charge in [-0.25, -0.2) is 12.8 Å². The first-order valence-corrected chi connectivity index (χ1v) is 9.29. The molecule has 2 aliphatic rings. The summed E-state index contributed by atoms with van der Waals surface area (Å²) in [4.78, 5) is 11.4. The lowest BCUT2D eigenvalue weighted by Gasteiger charge is -2.32. The number of aryl methyl sites for hydroxylation is 1. The summed E-state index contributed by atoms with van der Waals surface area (Å²) in [6.07, 6.45) is 3.75. The van der Waals surface area contributed by atoms with Crippen molar-refractivity contribution in [1.82, 2.24) is 4.31 Å². The molecule has 0 amide bonds. The molecule has 0 aromatic heterocycles. The molecule has 126 valence electrons. The van der Waals surface area contributed by atoms with E-state index in [1.54, 1.807) is 6.92 Å². The van der Waals surface area contributed by atoms with Crippen molar-refractivity contribution in [3.05, 3.63) is 29.6 Å². The maximum Gasteiger partial charge on any atom is 0.322 e. The zero-order valence-electron chi connectivity index (χ0n) is 12.9. The molecule has 23 heavy (non-hydrogen) atoms. The van der Waals surface area contributed by atoms with Crippen molar-refractivity contribution >= 4 is 16.0 Å². The van der Waals surface area contributed by atoms with Crippen LogP contribution in [0.25, 0.3) is 0 Å². The highest BCUT2D eigenvalue weighted by molar-refractivity contribution is 7.89. The maximum absolute atomic E-state index is 13.8. The number of nitrogens with zero attached hydrogens (tertiary/aromatic N) is 1. The van der Waals surface area contributed by atoms with Gasteiger partial charge in [0.15, 0.2) is 0 Å². The minimum atomic E-state index is -4.03. The summed E-state index contributed by atoms with van der Waals surface area (Å²) in [5.74, 6) is -1.65. The Hall–Kier alpha value is -1.47. The summed E-state index contributed by atoms with van der Waals surface area (Å²) in [6, 6.07) is 2.39. The van der Waals surface area contributed by atoms with Crippen molar-refractivity contribution in [3.63, 3.8) is 0 Å². The van der Waals surface area contributed by atoms with Gasteiger partial charge in [-0.3, -0.25) is 4.79 Å². The molecule has 3 unspecified atom stereocenters. The van der Waals surface area contributed by atoms with Gasteiger partial charge in [-0.05, 0) is 49.8 Å². The number of carboxylic acids is 1. The fourth-order valence-corrected chi connectivity index (χ4v) is 5.71. The Morgan fingerprint density at radius 1 is 1.30 bits per heavy atom. The summed E-state index contributed by atoms with van der Waals surface area (Å²) < 4.78 is 40.8. The first-order chi connectivity index (χ1) is 10.8. The van der Waals surface area contributed by atoms with E-state index < -0.39 is 27.9 Å². The highest BCUT2D eigenvalue weighted by Gasteiger charge is 2.51. The van der Waals surface area contributed by atoms with Crippen LogP contribution in [-0.4, -0.2) is 35.9 Å². The van der Waals surface area contributed by atoms with E-state index in [2.05, 4.69) is 0 Å². The third kappa shape index (κ3) is 2.76. The summed E-state index contributed by atoms with van der Waals surface area (Å²) in [6.45, 7) is 1.55. The van der Waals surface area contributed by atoms with Crippen LogP contribution in [0.4, 0.5) is 4.39 Å². The normalized spacial score (nSPS) is 28.5. The van der Waals surface area contributed by atoms with Gasteiger partial charge in [0.2, 0.25) is 10.0 Å². The Morgan fingerprint density at radius 3 is 2.65 bits per heavy atom. The van der Waals surface area contributed by atoms with Crippen molar-refractivity contribution in [3.8, 4) is 0 Å². The standard InChI is InChI=1S/C16H20FNO4S/c1-10-6-7-12(9-13(10)17)23(21,22)18-14-5-3-2-4-11(14)8-15(18)16(19)20/h6-7,9,11,14-15H,2-5,8H2,1H3,(H,19,20). The van der Waals surface area contributed by atoms with Crippen molar-refractivity contribution in [2.45, 2.75) is 56.0 Å². The third-order valence-corrected chi connectivity index (χ3v) is 6.96. The van der Waals surface area contributed by atoms with E-state index in [-0.39, 0.29) is 16.9 Å². The minimum absolute atomic E-state index is 0.0786. The monoisotopic (exact) mass is 341 g/mol. The Balaban J connectivity index is 2.04. The number of fused-ring (bicyclic) bond motifs is 1. The highest BCUT2D eigenvalue weighted by atomic mass is 32.2. The molecule has 5 nitrogen and oxygen atoms in total. The molecule has 1 aromatic carbocycles. The Morgan fingerprint density at radius 2 is 2.00 bits per heavy atom. The number of halogens is 1. The largest absolute Gasteiger partial charge is 0.480 e. The fraction of sp³-hybridized carbons (Fsp3) is 0.562. The second kappa shape index (κ2) is 5.87. The van der Waals surface area contributed by atoms with Crippen LogP contribution in [-0.2, 0) is 14.8 Å². The van der Waals surface area contributed by atoms with Crippen molar-refractivity contribution in [1.29, 1.82) is 0 Å². The average Bonchev–Trinajstić information content (AvgIpc) is 2.90. The van der Waals surface area contributed by atoms with Crippen molar-refractivity contribution in [2.75, 3.05) is 0 Å². The van der Waals surface area contributed by atoms with Gasteiger partial charge < -0.3 is 5.11 Å². The van der Waals surface area contributed by atoms with Gasteiger partial charge in [0.05, 0.1) is 4.90 Å². The molecule has 1 N–H and O–H groups in total. The molecule has 3 atom stereocenters. The number of hydrogen-bond donors (Lipinski definition) is 1. The predicted octanol–water partition coefficient (Wildman–Crippen LogP) is 2.54. The summed E-state index contributed by atoms with van der Waals surface area (Å²) >= 11 is 0. The van der Waals surface area contributed by atoms with Gasteiger partial charge in [0.1, 0.15) is 11.9 Å². The molecular weight excluding hydrogens is 321 g/mol. The number of rotatable bonds is 3. The van der Waals surface area contributed by atoms with Crippen molar-refractivity contribution in [2.24, 2.45) is 5.92 Å². The fourth-order valence-electron chi connectivity index (χ4n) is 3.83. The van der Waals surface area contributed by atoms with Gasteiger partial charge in [-0.15, -0.1) is 0 Å². The van der Waals surface area contributed by atoms with Crippen LogP contribution < -0.4 is 0 Å². The molecule has 0 bridgehead atoms. The Labute approximate surface area is 135 Å². The van der Waals surface area contributed by atoms with Gasteiger partial charge in [0, 0.05) is 6.04 Å². The number of benzene rings is 1. The van der Waals surface area contributed by atoms with E-state index in [0.717, 1.165) is 29.6 Å². The molecule has 1 aliphatic heterocycles. The summed E-state index contributed by atoms with van der Waals surface area (Å²) in [7, 11) is -4.03. The zero-order chi connectivity index (χ0) is 16.8. The van der Waals surface area contributed by atoms with Gasteiger partial charge in [0.25, 0.3) is 0 Å². The molecule has 0 spiro atoms. The molecule has 1 saturated heterocycles. The Bertz CT molecular complexity index is 734. The van der Waals surface area contributed by atoms with Gasteiger partial charge in [-0.2, -0.15) is 4.31 Å². The first kappa shape index (κ1) is 16.4. The van der Waals surface area contributed by atoms with Gasteiger partial charge >= 0.3 is 5.97 Å². The van der Waals surface area contributed by atoms with Crippen molar-refractivity contribution < 1.29 is 22.7 Å². The van der Waals surface area contributed by atoms with E-state index in [0.29, 0.717) is 18.4 Å². The van der Waals surface area contributed by atoms with Crippen LogP contribution in [0.3, 0.4) is 0 Å². The van der Waals surface area contributed by atoms with Crippen LogP contribution in [0.1, 0.15) is 37.7 Å². The zero-order valence-corrected chi connectivity index (χ0v) is 13.7. The highest BCUT2D eigenvalue weighted by Crippen LogP contribution is 2.42. The SMILES string of the molecule is Cc1ccc(S(=O)(=O)N2C(C(=O)O)CC3CCCCC32)cc1F. The quantitative estimate of drug-likeness (QED) is 0.917. The second-order valence-electron chi connectivity index (χ2n) is 6.45. The molecular formula is C16H20FNO4S. The molecule has 2 fully saturated rings. The number of carboxylic acid groups (broad SMARTS) is 1. The predicted molar refractivity (Wildman–Crippen MR) is 81.9 cm³/mol. The molecule has 7 heteroatoms. The van der Waals surface area contributed by atoms with Crippen LogP contribution >= 0.6 is 0 Å². The molecule has 1 aliphatic carbocycles. The first-order valence-electron chi connectivity index (χ1n) is 7.85. The lowest BCUT2D eigenvalue weighted by molar-refractivity contribution is -0.141. The van der Waals surface area contributed by atoms with E-state index in [1.807, 2.05) is 0 Å². The number of carbonyl (C=O) groups is 1. The van der Waals surface area contributed by atoms with Gasteiger partial charge in [-0.1, -0.05) is 18.9 Å². The van der Waals surface area contributed by atoms with Crippen LogP contribution in [0.15, 0.2) is 23.1 Å². The molecule has 1 saturated carbocycles. The summed E-state index contributed by atoms with van der Waals surface area (Å²) in [5.41, 5.74) is 0.357. The minimum Gasteiger partial charge on any atom is -0.480 e. The third-order valence-electron chi connectivity index (χ3n) is 5.03. The maximum atomic E-state index is 13.8. The van der Waals surface area contributed by atoms with E-state index in [4.69, 9.17) is 0 Å². The molecule has 3 rings (SSSR count). The van der Waals surface area contributed by atoms with E-state index >= 15 is 0 Å². The van der Waals surface area contributed by atoms with E-state index in [9.17, 15) is 22.7 Å².